The van der Waals surface area contributed by atoms with E-state index in [-0.39, 0.29) is 5.91 Å². The van der Waals surface area contributed by atoms with Crippen LogP contribution in [0, 0.1) is 0 Å². The summed E-state index contributed by atoms with van der Waals surface area (Å²) in [6, 6.07) is 5.62. The number of carbonyl (C=O) groups is 1. The number of aromatic nitrogens is 7. The molecule has 1 amide bonds. The van der Waals surface area contributed by atoms with Crippen molar-refractivity contribution in [1.29, 1.82) is 0 Å². The van der Waals surface area contributed by atoms with E-state index in [9.17, 15) is 4.79 Å². The number of benzene rings is 1. The number of ether oxygens (including phenoxy) is 1. The molecule has 0 aliphatic carbocycles. The number of halogens is 1. The van der Waals surface area contributed by atoms with Gasteiger partial charge in [-0.2, -0.15) is 5.10 Å². The quantitative estimate of drug-likeness (QED) is 0.227. The van der Waals surface area contributed by atoms with E-state index in [1.807, 2.05) is 29.8 Å². The molecule has 0 aliphatic heterocycles. The monoisotopic (exact) mass is 576 g/mol. The average molecular weight is 577 g/mol. The zero-order chi connectivity index (χ0) is 28.9. The van der Waals surface area contributed by atoms with Gasteiger partial charge in [-0.05, 0) is 37.7 Å². The molecule has 0 bridgehead atoms. The fourth-order valence-corrected chi connectivity index (χ4v) is 5.00. The molecule has 12 nitrogen and oxygen atoms in total. The maximum atomic E-state index is 12.8. The number of nitrogens with one attached hydrogen (secondary N) is 2. The van der Waals surface area contributed by atoms with E-state index < -0.39 is 0 Å². The van der Waals surface area contributed by atoms with Crippen LogP contribution in [-0.2, 0) is 13.1 Å². The fourth-order valence-electron chi connectivity index (χ4n) is 4.72. The largest absolute Gasteiger partial charge is 0.495 e. The van der Waals surface area contributed by atoms with Gasteiger partial charge >= 0.3 is 0 Å². The summed E-state index contributed by atoms with van der Waals surface area (Å²) in [7, 11) is 1.58. The highest BCUT2D eigenvalue weighted by molar-refractivity contribution is 6.32. The standard InChI is InChI=1S/C28H33ClN10O2/c1-5-37(6-2)11-10-30-28(40)22-16-38(17-33-22)27-19-14-32-26-20(15-34-39(26)7-3)24(19)25(35-36-27)31-13-18-8-9-23(41-4)21(29)12-18/h8-9,12,14-17H,5-7,10-11,13H2,1-4H3,(H,30,40)(H,31,35). The van der Waals surface area contributed by atoms with Crippen LogP contribution in [0.3, 0.4) is 0 Å². The summed E-state index contributed by atoms with van der Waals surface area (Å²) in [4.78, 5) is 24.0. The Balaban J connectivity index is 1.47. The summed E-state index contributed by atoms with van der Waals surface area (Å²) in [5.41, 5.74) is 2.00. The lowest BCUT2D eigenvalue weighted by molar-refractivity contribution is 0.0944. The second kappa shape index (κ2) is 12.5. The van der Waals surface area contributed by atoms with Crippen LogP contribution >= 0.6 is 11.6 Å². The van der Waals surface area contributed by atoms with Crippen LogP contribution in [0.4, 0.5) is 5.82 Å². The number of fused-ring (bicyclic) bond motifs is 3. The van der Waals surface area contributed by atoms with Crippen molar-refractivity contribution in [3.8, 4) is 11.6 Å². The maximum absolute atomic E-state index is 12.8. The lowest BCUT2D eigenvalue weighted by Gasteiger charge is -2.17. The predicted octanol–water partition coefficient (Wildman–Crippen LogP) is 3.93. The fraction of sp³-hybridized carbons (Fsp3) is 0.357. The van der Waals surface area contributed by atoms with Crippen molar-refractivity contribution < 1.29 is 9.53 Å². The third kappa shape index (κ3) is 5.79. The summed E-state index contributed by atoms with van der Waals surface area (Å²) in [6.45, 7) is 10.5. The van der Waals surface area contributed by atoms with Crippen molar-refractivity contribution in [1.82, 2.24) is 44.7 Å². The molecule has 4 aromatic heterocycles. The molecule has 0 radical (unpaired) electrons. The molecule has 0 fully saturated rings. The molecule has 5 rings (SSSR count). The molecule has 41 heavy (non-hydrogen) atoms. The Kier molecular flexibility index (Phi) is 8.60. The number of anilines is 1. The lowest BCUT2D eigenvalue weighted by Crippen LogP contribution is -2.34. The first-order valence-electron chi connectivity index (χ1n) is 13.6. The molecule has 0 spiro atoms. The highest BCUT2D eigenvalue weighted by atomic mass is 35.5. The van der Waals surface area contributed by atoms with E-state index in [4.69, 9.17) is 16.3 Å². The van der Waals surface area contributed by atoms with Gasteiger partial charge < -0.3 is 20.3 Å². The van der Waals surface area contributed by atoms with Crippen LogP contribution in [0.25, 0.3) is 27.6 Å². The van der Waals surface area contributed by atoms with Crippen LogP contribution < -0.4 is 15.4 Å². The Morgan fingerprint density at radius 1 is 1.10 bits per heavy atom. The van der Waals surface area contributed by atoms with Gasteiger partial charge in [0.15, 0.2) is 17.3 Å². The Hall–Kier alpha value is -4.29. The number of amides is 1. The van der Waals surface area contributed by atoms with Crippen molar-refractivity contribution in [3.05, 3.63) is 59.4 Å². The number of rotatable bonds is 12. The first-order chi connectivity index (χ1) is 20.0. The first-order valence-corrected chi connectivity index (χ1v) is 14.0. The Bertz CT molecular complexity index is 1680. The van der Waals surface area contributed by atoms with Crippen molar-refractivity contribution in [3.63, 3.8) is 0 Å². The number of nitrogens with zero attached hydrogens (tertiary/aromatic N) is 8. The molecule has 0 saturated heterocycles. The SMILES string of the molecule is CCN(CC)CCNC(=O)c1cn(-c2nnc(NCc3ccc(OC)c(Cl)c3)c3c2cnc2c3cnn2CC)cn1. The molecule has 5 aromatic rings. The molecule has 0 atom stereocenters. The van der Waals surface area contributed by atoms with E-state index in [1.54, 1.807) is 36.6 Å². The van der Waals surface area contributed by atoms with Gasteiger partial charge in [0.2, 0.25) is 0 Å². The van der Waals surface area contributed by atoms with Gasteiger partial charge in [0.25, 0.3) is 5.91 Å². The zero-order valence-corrected chi connectivity index (χ0v) is 24.3. The second-order valence-electron chi connectivity index (χ2n) is 9.39. The number of hydrogen-bond donors (Lipinski definition) is 2. The van der Waals surface area contributed by atoms with Gasteiger partial charge in [-0.1, -0.05) is 31.5 Å². The number of methoxy groups -OCH3 is 1. The molecule has 1 aromatic carbocycles. The molecule has 0 aliphatic rings. The highest BCUT2D eigenvalue weighted by Gasteiger charge is 2.19. The Morgan fingerprint density at radius 3 is 2.66 bits per heavy atom. The molecule has 2 N–H and O–H groups in total. The number of likely N-dealkylation sites (N-methyl/N-ethyl adjacent to an activating group) is 1. The van der Waals surface area contributed by atoms with Crippen LogP contribution in [0.2, 0.25) is 5.02 Å². The lowest BCUT2D eigenvalue weighted by atomic mass is 10.1. The van der Waals surface area contributed by atoms with E-state index in [1.165, 1.54) is 0 Å². The summed E-state index contributed by atoms with van der Waals surface area (Å²) in [5, 5.41) is 22.8. The van der Waals surface area contributed by atoms with Crippen molar-refractivity contribution in [2.24, 2.45) is 0 Å². The van der Waals surface area contributed by atoms with E-state index in [0.29, 0.717) is 47.7 Å². The third-order valence-corrected chi connectivity index (χ3v) is 7.33. The van der Waals surface area contributed by atoms with Crippen molar-refractivity contribution in [2.75, 3.05) is 38.6 Å². The molecule has 0 saturated carbocycles. The van der Waals surface area contributed by atoms with E-state index in [0.717, 1.165) is 47.0 Å². The van der Waals surface area contributed by atoms with Crippen LogP contribution in [-0.4, -0.2) is 78.6 Å². The number of aryl methyl sites for hydroxylation is 1. The van der Waals surface area contributed by atoms with E-state index >= 15 is 0 Å². The number of pyridine rings is 1. The number of imidazole rings is 1. The molecular formula is C28H33ClN10O2. The average Bonchev–Trinajstić information content (AvgIpc) is 3.65. The van der Waals surface area contributed by atoms with Gasteiger partial charge in [-0.15, -0.1) is 10.2 Å². The predicted molar refractivity (Wildman–Crippen MR) is 159 cm³/mol. The third-order valence-electron chi connectivity index (χ3n) is 7.03. The molecule has 214 valence electrons. The van der Waals surface area contributed by atoms with Gasteiger partial charge in [-0.25, -0.2) is 14.6 Å². The highest BCUT2D eigenvalue weighted by Crippen LogP contribution is 2.32. The summed E-state index contributed by atoms with van der Waals surface area (Å²) < 4.78 is 8.79. The Labute approximate surface area is 242 Å². The minimum absolute atomic E-state index is 0.241. The maximum Gasteiger partial charge on any atom is 0.271 e. The smallest absolute Gasteiger partial charge is 0.271 e. The van der Waals surface area contributed by atoms with Crippen LogP contribution in [0.15, 0.2) is 43.1 Å². The summed E-state index contributed by atoms with van der Waals surface area (Å²) in [6.07, 6.45) is 6.77. The number of carbonyl (C=O) groups excluding carboxylic acids is 1. The van der Waals surface area contributed by atoms with Gasteiger partial charge in [-0.3, -0.25) is 9.36 Å². The molecule has 13 heteroatoms. The van der Waals surface area contributed by atoms with E-state index in [2.05, 4.69) is 54.6 Å². The second-order valence-corrected chi connectivity index (χ2v) is 9.80. The minimum Gasteiger partial charge on any atom is -0.495 e. The van der Waals surface area contributed by atoms with Gasteiger partial charge in [0.05, 0.1) is 23.7 Å². The van der Waals surface area contributed by atoms with Gasteiger partial charge in [0, 0.05) is 49.3 Å². The minimum atomic E-state index is -0.241. The van der Waals surface area contributed by atoms with Crippen molar-refractivity contribution in [2.45, 2.75) is 33.9 Å². The normalized spacial score (nSPS) is 11.5. The van der Waals surface area contributed by atoms with Gasteiger partial charge in [0.1, 0.15) is 17.8 Å². The first kappa shape index (κ1) is 28.2. The van der Waals surface area contributed by atoms with Crippen LogP contribution in [0.1, 0.15) is 36.8 Å². The zero-order valence-electron chi connectivity index (χ0n) is 23.6. The molecule has 4 heterocycles. The Morgan fingerprint density at radius 2 is 1.93 bits per heavy atom. The molecule has 0 unspecified atom stereocenters. The summed E-state index contributed by atoms with van der Waals surface area (Å²) in [5.74, 6) is 1.45. The number of hydrogen-bond acceptors (Lipinski definition) is 9. The van der Waals surface area contributed by atoms with Crippen LogP contribution in [0.5, 0.6) is 5.75 Å². The topological polar surface area (TPSA) is 128 Å². The molecular weight excluding hydrogens is 544 g/mol. The van der Waals surface area contributed by atoms with Crippen molar-refractivity contribution >= 4 is 45.1 Å². The summed E-state index contributed by atoms with van der Waals surface area (Å²) >= 11 is 6.33.